The summed E-state index contributed by atoms with van der Waals surface area (Å²) < 4.78 is 0. The number of rotatable bonds is 6. The summed E-state index contributed by atoms with van der Waals surface area (Å²) in [4.78, 5) is 10.0. The molecule has 0 amide bonds. The summed E-state index contributed by atoms with van der Waals surface area (Å²) >= 11 is 1.74. The Labute approximate surface area is 98.4 Å². The summed E-state index contributed by atoms with van der Waals surface area (Å²) in [6.45, 7) is 0. The summed E-state index contributed by atoms with van der Waals surface area (Å²) in [7, 11) is 0. The molecule has 1 rings (SSSR count). The van der Waals surface area contributed by atoms with Crippen LogP contribution >= 0.6 is 11.8 Å². The van der Waals surface area contributed by atoms with E-state index in [1.807, 2.05) is 0 Å². The number of nitriles is 1. The van der Waals surface area contributed by atoms with Crippen molar-refractivity contribution in [1.29, 1.82) is 5.26 Å². The van der Waals surface area contributed by atoms with Crippen molar-refractivity contribution >= 4 is 17.4 Å². The number of hydrogen-bond donors (Lipinski definition) is 0. The lowest BCUT2D eigenvalue weighted by molar-refractivity contribution is -0.384. The molecule has 0 fully saturated rings. The van der Waals surface area contributed by atoms with Gasteiger partial charge in [-0.1, -0.05) is 12.1 Å². The molecular formula is C11H12N2O2S. The lowest BCUT2D eigenvalue weighted by atomic mass is 10.2. The number of nitro benzene ring substituents is 1. The molecule has 0 aliphatic rings. The minimum absolute atomic E-state index is 0.123. The molecular weight excluding hydrogens is 224 g/mol. The molecule has 16 heavy (non-hydrogen) atoms. The van der Waals surface area contributed by atoms with Crippen LogP contribution in [-0.2, 0) is 5.75 Å². The van der Waals surface area contributed by atoms with E-state index in [9.17, 15) is 10.1 Å². The topological polar surface area (TPSA) is 66.9 Å². The van der Waals surface area contributed by atoms with Crippen molar-refractivity contribution in [2.45, 2.75) is 18.6 Å². The van der Waals surface area contributed by atoms with Crippen LogP contribution in [0.3, 0.4) is 0 Å². The van der Waals surface area contributed by atoms with Crippen molar-refractivity contribution in [1.82, 2.24) is 0 Å². The third kappa shape index (κ3) is 4.32. The second kappa shape index (κ2) is 6.85. The molecule has 0 aliphatic heterocycles. The van der Waals surface area contributed by atoms with Crippen molar-refractivity contribution in [2.24, 2.45) is 0 Å². The van der Waals surface area contributed by atoms with Gasteiger partial charge in [-0.15, -0.1) is 0 Å². The van der Waals surface area contributed by atoms with Gasteiger partial charge in [0.2, 0.25) is 0 Å². The van der Waals surface area contributed by atoms with Crippen LogP contribution in [0.2, 0.25) is 0 Å². The first-order chi connectivity index (χ1) is 7.74. The average molecular weight is 236 g/mol. The fraction of sp³-hybridized carbons (Fsp3) is 0.364. The molecule has 0 unspecified atom stereocenters. The zero-order chi connectivity index (χ0) is 11.8. The Morgan fingerprint density at radius 2 is 2.06 bits per heavy atom. The van der Waals surface area contributed by atoms with Crippen molar-refractivity contribution in [3.63, 3.8) is 0 Å². The number of hydrogen-bond acceptors (Lipinski definition) is 4. The van der Waals surface area contributed by atoms with Gasteiger partial charge in [0, 0.05) is 24.3 Å². The Bertz CT molecular complexity index is 384. The van der Waals surface area contributed by atoms with Crippen molar-refractivity contribution in [3.05, 3.63) is 39.9 Å². The first kappa shape index (κ1) is 12.5. The smallest absolute Gasteiger partial charge is 0.258 e. The second-order valence-electron chi connectivity index (χ2n) is 3.24. The van der Waals surface area contributed by atoms with Gasteiger partial charge in [0.15, 0.2) is 0 Å². The predicted octanol–water partition coefficient (Wildman–Crippen LogP) is 3.13. The zero-order valence-electron chi connectivity index (χ0n) is 8.76. The Morgan fingerprint density at radius 1 is 1.38 bits per heavy atom. The van der Waals surface area contributed by atoms with E-state index in [0.29, 0.717) is 6.42 Å². The maximum Gasteiger partial charge on any atom is 0.269 e. The van der Waals surface area contributed by atoms with Crippen LogP contribution in [0.4, 0.5) is 5.69 Å². The SMILES string of the molecule is N#CCCCSCc1ccc([N+](=O)[O-])cc1. The number of nitro groups is 1. The number of thioether (sulfide) groups is 1. The lowest BCUT2D eigenvalue weighted by Crippen LogP contribution is -1.88. The van der Waals surface area contributed by atoms with Gasteiger partial charge in [-0.05, 0) is 17.7 Å². The number of nitrogens with zero attached hydrogens (tertiary/aromatic N) is 2. The zero-order valence-corrected chi connectivity index (χ0v) is 9.57. The van der Waals surface area contributed by atoms with Crippen LogP contribution in [0.15, 0.2) is 24.3 Å². The second-order valence-corrected chi connectivity index (χ2v) is 4.34. The maximum atomic E-state index is 10.4. The highest BCUT2D eigenvalue weighted by Crippen LogP contribution is 2.17. The molecule has 0 aliphatic carbocycles. The summed E-state index contributed by atoms with van der Waals surface area (Å²) in [5.41, 5.74) is 1.20. The van der Waals surface area contributed by atoms with Crippen LogP contribution in [0.25, 0.3) is 0 Å². The van der Waals surface area contributed by atoms with Gasteiger partial charge in [-0.25, -0.2) is 0 Å². The van der Waals surface area contributed by atoms with E-state index in [2.05, 4.69) is 6.07 Å². The van der Waals surface area contributed by atoms with Crippen molar-refractivity contribution in [2.75, 3.05) is 5.75 Å². The third-order valence-corrected chi connectivity index (χ3v) is 3.11. The monoisotopic (exact) mass is 236 g/mol. The molecule has 0 spiro atoms. The molecule has 1 aromatic rings. The fourth-order valence-corrected chi connectivity index (χ4v) is 2.08. The normalized spacial score (nSPS) is 9.69. The maximum absolute atomic E-state index is 10.4. The average Bonchev–Trinajstić information content (AvgIpc) is 2.29. The standard InChI is InChI=1S/C11H12N2O2S/c12-7-1-2-8-16-9-10-3-5-11(6-4-10)13(14)15/h3-6H,1-2,8-9H2. The molecule has 0 saturated carbocycles. The van der Waals surface area contributed by atoms with Crippen LogP contribution in [-0.4, -0.2) is 10.7 Å². The van der Waals surface area contributed by atoms with E-state index in [4.69, 9.17) is 5.26 Å². The summed E-state index contributed by atoms with van der Waals surface area (Å²) in [5, 5.41) is 18.8. The molecule has 0 N–H and O–H groups in total. The van der Waals surface area contributed by atoms with Crippen molar-refractivity contribution in [3.8, 4) is 6.07 Å². The van der Waals surface area contributed by atoms with Gasteiger partial charge in [0.25, 0.3) is 5.69 Å². The van der Waals surface area contributed by atoms with E-state index in [0.717, 1.165) is 23.5 Å². The molecule has 0 bridgehead atoms. The van der Waals surface area contributed by atoms with Gasteiger partial charge in [-0.2, -0.15) is 17.0 Å². The number of unbranched alkanes of at least 4 members (excludes halogenated alkanes) is 1. The lowest BCUT2D eigenvalue weighted by Gasteiger charge is -2.00. The van der Waals surface area contributed by atoms with Crippen LogP contribution in [0.1, 0.15) is 18.4 Å². The van der Waals surface area contributed by atoms with Gasteiger partial charge >= 0.3 is 0 Å². The van der Waals surface area contributed by atoms with Crippen LogP contribution in [0, 0.1) is 21.4 Å². The molecule has 0 radical (unpaired) electrons. The minimum Gasteiger partial charge on any atom is -0.258 e. The highest BCUT2D eigenvalue weighted by atomic mass is 32.2. The molecule has 84 valence electrons. The molecule has 0 saturated heterocycles. The molecule has 5 heteroatoms. The van der Waals surface area contributed by atoms with Crippen LogP contribution in [0.5, 0.6) is 0 Å². The quantitative estimate of drug-likeness (QED) is 0.432. The first-order valence-corrected chi connectivity index (χ1v) is 6.07. The van der Waals surface area contributed by atoms with E-state index >= 15 is 0 Å². The fourth-order valence-electron chi connectivity index (χ4n) is 1.16. The Hall–Kier alpha value is -1.54. The van der Waals surface area contributed by atoms with E-state index in [1.165, 1.54) is 12.1 Å². The summed E-state index contributed by atoms with van der Waals surface area (Å²) in [6, 6.07) is 8.68. The Morgan fingerprint density at radius 3 is 2.62 bits per heavy atom. The highest BCUT2D eigenvalue weighted by Gasteiger charge is 2.03. The third-order valence-electron chi connectivity index (χ3n) is 1.99. The summed E-state index contributed by atoms with van der Waals surface area (Å²) in [6.07, 6.45) is 1.49. The summed E-state index contributed by atoms with van der Waals surface area (Å²) in [5.74, 6) is 1.79. The molecule has 1 aromatic carbocycles. The Kier molecular flexibility index (Phi) is 5.37. The van der Waals surface area contributed by atoms with Gasteiger partial charge in [0.1, 0.15) is 0 Å². The minimum atomic E-state index is -0.399. The van der Waals surface area contributed by atoms with Gasteiger partial charge in [0.05, 0.1) is 11.0 Å². The predicted molar refractivity (Wildman–Crippen MR) is 64.1 cm³/mol. The largest absolute Gasteiger partial charge is 0.269 e. The first-order valence-electron chi connectivity index (χ1n) is 4.92. The van der Waals surface area contributed by atoms with Crippen molar-refractivity contribution < 1.29 is 4.92 Å². The van der Waals surface area contributed by atoms with E-state index in [1.54, 1.807) is 23.9 Å². The molecule has 0 atom stereocenters. The molecule has 0 aromatic heterocycles. The highest BCUT2D eigenvalue weighted by molar-refractivity contribution is 7.98. The number of non-ortho nitro benzene ring substituents is 1. The molecule has 4 nitrogen and oxygen atoms in total. The van der Waals surface area contributed by atoms with Crippen LogP contribution < -0.4 is 0 Å². The van der Waals surface area contributed by atoms with E-state index < -0.39 is 4.92 Å². The van der Waals surface area contributed by atoms with E-state index in [-0.39, 0.29) is 5.69 Å². The van der Waals surface area contributed by atoms with Gasteiger partial charge < -0.3 is 0 Å². The number of benzene rings is 1. The molecule has 0 heterocycles. The Balaban J connectivity index is 2.33. The van der Waals surface area contributed by atoms with Gasteiger partial charge in [-0.3, -0.25) is 10.1 Å².